The number of benzene rings is 2. The Morgan fingerprint density at radius 2 is 1.43 bits per heavy atom. The van der Waals surface area contributed by atoms with E-state index in [0.717, 1.165) is 11.3 Å². The Hall–Kier alpha value is -2.13. The third-order valence-corrected chi connectivity index (χ3v) is 3.49. The maximum Gasteiger partial charge on any atom is 0.255 e. The van der Waals surface area contributed by atoms with E-state index in [1.54, 1.807) is 19.1 Å². The first-order valence-corrected chi connectivity index (χ1v) is 7.16. The van der Waals surface area contributed by atoms with Gasteiger partial charge in [-0.2, -0.15) is 0 Å². The van der Waals surface area contributed by atoms with Crippen LogP contribution in [0.4, 0.5) is 5.69 Å². The summed E-state index contributed by atoms with van der Waals surface area (Å²) in [4.78, 5) is 12.2. The standard InChI is InChI=1S/C18H21NO2/c1-12(2)14-4-6-16(7-5-14)18(21)19-17-10-8-15(9-11-17)13(3)20/h4-13,20H,1-3H3,(H,19,21)/t13-/m0/s1. The van der Waals surface area contributed by atoms with E-state index in [-0.39, 0.29) is 5.91 Å². The summed E-state index contributed by atoms with van der Waals surface area (Å²) in [6.07, 6.45) is -0.502. The van der Waals surface area contributed by atoms with Gasteiger partial charge < -0.3 is 10.4 Å². The van der Waals surface area contributed by atoms with Gasteiger partial charge in [0.05, 0.1) is 6.10 Å². The van der Waals surface area contributed by atoms with Gasteiger partial charge in [-0.3, -0.25) is 4.79 Å². The molecule has 0 aliphatic rings. The Morgan fingerprint density at radius 3 is 1.90 bits per heavy atom. The number of hydrogen-bond acceptors (Lipinski definition) is 2. The van der Waals surface area contributed by atoms with Crippen LogP contribution < -0.4 is 5.32 Å². The number of aliphatic hydroxyl groups excluding tert-OH is 1. The third-order valence-electron chi connectivity index (χ3n) is 3.49. The lowest BCUT2D eigenvalue weighted by molar-refractivity contribution is 0.102. The lowest BCUT2D eigenvalue weighted by Crippen LogP contribution is -2.12. The lowest BCUT2D eigenvalue weighted by Gasteiger charge is -2.09. The zero-order chi connectivity index (χ0) is 15.4. The van der Waals surface area contributed by atoms with Crippen LogP contribution in [0.3, 0.4) is 0 Å². The maximum absolute atomic E-state index is 12.2. The molecule has 0 bridgehead atoms. The highest BCUT2D eigenvalue weighted by atomic mass is 16.3. The van der Waals surface area contributed by atoms with Gasteiger partial charge in [-0.1, -0.05) is 38.1 Å². The van der Waals surface area contributed by atoms with E-state index in [2.05, 4.69) is 19.2 Å². The van der Waals surface area contributed by atoms with Crippen LogP contribution in [-0.4, -0.2) is 11.0 Å². The fourth-order valence-corrected chi connectivity index (χ4v) is 2.07. The molecule has 0 aromatic heterocycles. The molecule has 0 aliphatic carbocycles. The average molecular weight is 283 g/mol. The quantitative estimate of drug-likeness (QED) is 0.887. The van der Waals surface area contributed by atoms with Gasteiger partial charge in [-0.05, 0) is 48.2 Å². The molecule has 3 heteroatoms. The molecule has 3 nitrogen and oxygen atoms in total. The summed E-state index contributed by atoms with van der Waals surface area (Å²) >= 11 is 0. The molecule has 0 unspecified atom stereocenters. The summed E-state index contributed by atoms with van der Waals surface area (Å²) < 4.78 is 0. The molecule has 110 valence electrons. The molecule has 2 rings (SSSR count). The summed E-state index contributed by atoms with van der Waals surface area (Å²) in [6, 6.07) is 14.9. The highest BCUT2D eigenvalue weighted by molar-refractivity contribution is 6.04. The minimum Gasteiger partial charge on any atom is -0.389 e. The van der Waals surface area contributed by atoms with Crippen LogP contribution in [0.1, 0.15) is 54.3 Å². The van der Waals surface area contributed by atoms with Crippen LogP contribution in [0.25, 0.3) is 0 Å². The molecule has 2 aromatic carbocycles. The Bertz CT molecular complexity index is 598. The molecule has 0 radical (unpaired) electrons. The van der Waals surface area contributed by atoms with Gasteiger partial charge in [-0.25, -0.2) is 0 Å². The Balaban J connectivity index is 2.06. The van der Waals surface area contributed by atoms with E-state index in [1.807, 2.05) is 36.4 Å². The molecule has 0 spiro atoms. The topological polar surface area (TPSA) is 49.3 Å². The number of carbonyl (C=O) groups excluding carboxylic acids is 1. The van der Waals surface area contributed by atoms with Crippen molar-refractivity contribution in [3.05, 3.63) is 65.2 Å². The number of anilines is 1. The van der Waals surface area contributed by atoms with Gasteiger partial charge in [0.15, 0.2) is 0 Å². The van der Waals surface area contributed by atoms with Gasteiger partial charge in [-0.15, -0.1) is 0 Å². The molecule has 1 atom stereocenters. The van der Waals surface area contributed by atoms with Crippen molar-refractivity contribution in [1.29, 1.82) is 0 Å². The molecule has 21 heavy (non-hydrogen) atoms. The summed E-state index contributed by atoms with van der Waals surface area (Å²) in [5, 5.41) is 12.3. The molecular weight excluding hydrogens is 262 g/mol. The van der Waals surface area contributed by atoms with Crippen molar-refractivity contribution in [3.63, 3.8) is 0 Å². The Kier molecular flexibility index (Phi) is 4.76. The van der Waals surface area contributed by atoms with Crippen molar-refractivity contribution in [1.82, 2.24) is 0 Å². The van der Waals surface area contributed by atoms with Crippen molar-refractivity contribution in [2.45, 2.75) is 32.8 Å². The molecule has 1 amide bonds. The van der Waals surface area contributed by atoms with E-state index < -0.39 is 6.10 Å². The first-order valence-electron chi connectivity index (χ1n) is 7.16. The second-order valence-corrected chi connectivity index (χ2v) is 5.53. The van der Waals surface area contributed by atoms with Crippen molar-refractivity contribution in [3.8, 4) is 0 Å². The predicted octanol–water partition coefficient (Wildman–Crippen LogP) is 4.12. The summed E-state index contributed by atoms with van der Waals surface area (Å²) in [6.45, 7) is 5.96. The van der Waals surface area contributed by atoms with E-state index in [1.165, 1.54) is 5.56 Å². The molecule has 0 aliphatic heterocycles. The van der Waals surface area contributed by atoms with Gasteiger partial charge in [0.1, 0.15) is 0 Å². The smallest absolute Gasteiger partial charge is 0.255 e. The number of rotatable bonds is 4. The third kappa shape index (κ3) is 3.92. The van der Waals surface area contributed by atoms with Crippen LogP contribution in [0.2, 0.25) is 0 Å². The zero-order valence-corrected chi connectivity index (χ0v) is 12.6. The minimum absolute atomic E-state index is 0.130. The summed E-state index contributed by atoms with van der Waals surface area (Å²) in [7, 11) is 0. The first kappa shape index (κ1) is 15.3. The molecular formula is C18H21NO2. The van der Waals surface area contributed by atoms with Crippen LogP contribution in [0.5, 0.6) is 0 Å². The Morgan fingerprint density at radius 1 is 0.905 bits per heavy atom. The highest BCUT2D eigenvalue weighted by Crippen LogP contribution is 2.18. The number of amides is 1. The Labute approximate surface area is 125 Å². The van der Waals surface area contributed by atoms with Crippen molar-refractivity contribution in [2.75, 3.05) is 5.32 Å². The monoisotopic (exact) mass is 283 g/mol. The summed E-state index contributed by atoms with van der Waals surface area (Å²) in [5.41, 5.74) is 3.40. The number of nitrogens with one attached hydrogen (secondary N) is 1. The largest absolute Gasteiger partial charge is 0.389 e. The molecule has 0 saturated heterocycles. The van der Waals surface area contributed by atoms with Gasteiger partial charge in [0, 0.05) is 11.3 Å². The number of aliphatic hydroxyl groups is 1. The van der Waals surface area contributed by atoms with E-state index >= 15 is 0 Å². The maximum atomic E-state index is 12.2. The lowest BCUT2D eigenvalue weighted by atomic mass is 10.0. The molecule has 0 saturated carbocycles. The SMILES string of the molecule is CC(C)c1ccc(C(=O)Nc2ccc([C@H](C)O)cc2)cc1. The van der Waals surface area contributed by atoms with E-state index in [9.17, 15) is 9.90 Å². The van der Waals surface area contributed by atoms with Crippen molar-refractivity contribution < 1.29 is 9.90 Å². The minimum atomic E-state index is -0.502. The second-order valence-electron chi connectivity index (χ2n) is 5.53. The van der Waals surface area contributed by atoms with Gasteiger partial charge in [0.25, 0.3) is 5.91 Å². The second kappa shape index (κ2) is 6.55. The summed E-state index contributed by atoms with van der Waals surface area (Å²) in [5.74, 6) is 0.324. The number of carbonyl (C=O) groups is 1. The van der Waals surface area contributed by atoms with Crippen molar-refractivity contribution >= 4 is 11.6 Å². The van der Waals surface area contributed by atoms with Crippen LogP contribution in [0, 0.1) is 0 Å². The van der Waals surface area contributed by atoms with Crippen LogP contribution in [-0.2, 0) is 0 Å². The highest BCUT2D eigenvalue weighted by Gasteiger charge is 2.07. The fourth-order valence-electron chi connectivity index (χ4n) is 2.07. The average Bonchev–Trinajstić information content (AvgIpc) is 2.47. The molecule has 0 heterocycles. The predicted molar refractivity (Wildman–Crippen MR) is 85.6 cm³/mol. The van der Waals surface area contributed by atoms with Gasteiger partial charge in [0.2, 0.25) is 0 Å². The molecule has 2 aromatic rings. The van der Waals surface area contributed by atoms with Crippen molar-refractivity contribution in [2.24, 2.45) is 0 Å². The van der Waals surface area contributed by atoms with Crippen LogP contribution in [0.15, 0.2) is 48.5 Å². The van der Waals surface area contributed by atoms with Gasteiger partial charge >= 0.3 is 0 Å². The normalized spacial score (nSPS) is 12.2. The molecule has 2 N–H and O–H groups in total. The molecule has 0 fully saturated rings. The zero-order valence-electron chi connectivity index (χ0n) is 12.6. The first-order chi connectivity index (χ1) is 9.97. The number of hydrogen-bond donors (Lipinski definition) is 2. The van der Waals surface area contributed by atoms with E-state index in [4.69, 9.17) is 0 Å². The van der Waals surface area contributed by atoms with E-state index in [0.29, 0.717) is 11.5 Å². The van der Waals surface area contributed by atoms with Crippen LogP contribution >= 0.6 is 0 Å². The fraction of sp³-hybridized carbons (Fsp3) is 0.278.